The maximum absolute atomic E-state index is 12.2. The molecule has 6 heteroatoms. The van der Waals surface area contributed by atoms with E-state index in [1.54, 1.807) is 13.0 Å². The zero-order valence-electron chi connectivity index (χ0n) is 8.79. The lowest BCUT2D eigenvalue weighted by molar-refractivity contribution is 0.128. The van der Waals surface area contributed by atoms with Crippen LogP contribution in [0.5, 0.6) is 5.88 Å². The number of rotatable bonds is 5. The number of nitrogens with zero attached hydrogens (tertiary/aromatic N) is 1. The highest BCUT2D eigenvalue weighted by molar-refractivity contribution is 6.31. The normalized spacial score (nSPS) is 12.9. The Morgan fingerprint density at radius 1 is 1.50 bits per heavy atom. The SMILES string of the molecule is CC(N)c1cnc(OC(CF)CF)c(Cl)c1. The molecular formula is C10H13ClF2N2O. The van der Waals surface area contributed by atoms with Crippen LogP contribution >= 0.6 is 11.6 Å². The summed E-state index contributed by atoms with van der Waals surface area (Å²) in [6, 6.07) is 1.36. The van der Waals surface area contributed by atoms with Crippen molar-refractivity contribution in [1.29, 1.82) is 0 Å². The van der Waals surface area contributed by atoms with Gasteiger partial charge in [0.25, 0.3) is 0 Å². The summed E-state index contributed by atoms with van der Waals surface area (Å²) >= 11 is 5.84. The molecule has 0 saturated carbocycles. The Morgan fingerprint density at radius 2 is 2.12 bits per heavy atom. The molecule has 0 aromatic carbocycles. The summed E-state index contributed by atoms with van der Waals surface area (Å²) in [6.45, 7) is -0.0765. The van der Waals surface area contributed by atoms with Crippen molar-refractivity contribution in [3.63, 3.8) is 0 Å². The zero-order valence-corrected chi connectivity index (χ0v) is 9.55. The van der Waals surface area contributed by atoms with Crippen LogP contribution in [0.3, 0.4) is 0 Å². The molecule has 1 aromatic rings. The molecule has 0 aliphatic rings. The van der Waals surface area contributed by atoms with Gasteiger partial charge in [0.1, 0.15) is 18.4 Å². The van der Waals surface area contributed by atoms with Gasteiger partial charge in [-0.1, -0.05) is 11.6 Å². The first kappa shape index (κ1) is 13.1. The van der Waals surface area contributed by atoms with Gasteiger partial charge in [-0.2, -0.15) is 0 Å². The van der Waals surface area contributed by atoms with Crippen molar-refractivity contribution in [3.05, 3.63) is 22.8 Å². The van der Waals surface area contributed by atoms with Gasteiger partial charge in [-0.15, -0.1) is 0 Å². The maximum Gasteiger partial charge on any atom is 0.233 e. The summed E-state index contributed by atoms with van der Waals surface area (Å²) in [5.74, 6) is 0.0198. The van der Waals surface area contributed by atoms with Gasteiger partial charge < -0.3 is 10.5 Å². The minimum atomic E-state index is -1.16. The Morgan fingerprint density at radius 3 is 2.56 bits per heavy atom. The van der Waals surface area contributed by atoms with Crippen molar-refractivity contribution >= 4 is 11.6 Å². The molecule has 16 heavy (non-hydrogen) atoms. The monoisotopic (exact) mass is 250 g/mol. The van der Waals surface area contributed by atoms with Gasteiger partial charge in [-0.3, -0.25) is 0 Å². The standard InChI is InChI=1S/C10H13ClF2N2O/c1-6(14)7-2-9(11)10(15-5-7)16-8(3-12)4-13/h2,5-6,8H,3-4,14H2,1H3. The van der Waals surface area contributed by atoms with Gasteiger partial charge >= 0.3 is 0 Å². The van der Waals surface area contributed by atoms with Crippen LogP contribution in [0.15, 0.2) is 12.3 Å². The number of pyridine rings is 1. The molecule has 0 saturated heterocycles. The average Bonchev–Trinajstić information content (AvgIpc) is 2.27. The second kappa shape index (κ2) is 5.96. The summed E-state index contributed by atoms with van der Waals surface area (Å²) < 4.78 is 29.4. The largest absolute Gasteiger partial charge is 0.468 e. The summed E-state index contributed by atoms with van der Waals surface area (Å²) in [7, 11) is 0. The van der Waals surface area contributed by atoms with Crippen molar-refractivity contribution in [2.24, 2.45) is 5.73 Å². The predicted molar refractivity (Wildman–Crippen MR) is 58.2 cm³/mol. The Bertz CT molecular complexity index is 346. The van der Waals surface area contributed by atoms with Crippen molar-refractivity contribution in [1.82, 2.24) is 4.98 Å². The smallest absolute Gasteiger partial charge is 0.233 e. The first-order valence-electron chi connectivity index (χ1n) is 4.78. The second-order valence-corrected chi connectivity index (χ2v) is 3.80. The fourth-order valence-corrected chi connectivity index (χ4v) is 1.26. The third kappa shape index (κ3) is 3.28. The van der Waals surface area contributed by atoms with Gasteiger partial charge in [-0.05, 0) is 18.6 Å². The van der Waals surface area contributed by atoms with E-state index in [0.29, 0.717) is 0 Å². The number of hydrogen-bond donors (Lipinski definition) is 1. The van der Waals surface area contributed by atoms with Gasteiger partial charge in [0, 0.05) is 12.2 Å². The first-order valence-corrected chi connectivity index (χ1v) is 5.15. The molecule has 0 fully saturated rings. The van der Waals surface area contributed by atoms with Crippen LogP contribution in [0.25, 0.3) is 0 Å². The molecule has 0 bridgehead atoms. The fraction of sp³-hybridized carbons (Fsp3) is 0.500. The van der Waals surface area contributed by atoms with Crippen LogP contribution in [0, 0.1) is 0 Å². The Hall–Kier alpha value is -0.940. The highest BCUT2D eigenvalue weighted by Crippen LogP contribution is 2.25. The molecule has 1 rings (SSSR count). The second-order valence-electron chi connectivity index (χ2n) is 3.39. The lowest BCUT2D eigenvalue weighted by atomic mass is 10.2. The van der Waals surface area contributed by atoms with Crippen molar-refractivity contribution < 1.29 is 13.5 Å². The topological polar surface area (TPSA) is 48.1 Å². The molecular weight excluding hydrogens is 238 g/mol. The van der Waals surface area contributed by atoms with Crippen molar-refractivity contribution in [2.45, 2.75) is 19.1 Å². The summed E-state index contributed by atoms with van der Waals surface area (Å²) in [4.78, 5) is 3.87. The lowest BCUT2D eigenvalue weighted by Crippen LogP contribution is -2.22. The van der Waals surface area contributed by atoms with Crippen LogP contribution in [0.2, 0.25) is 5.02 Å². The first-order chi connectivity index (χ1) is 7.58. The molecule has 1 unspecified atom stereocenters. The minimum absolute atomic E-state index is 0.0198. The molecule has 3 nitrogen and oxygen atoms in total. The van der Waals surface area contributed by atoms with Crippen LogP contribution in [-0.2, 0) is 0 Å². The number of alkyl halides is 2. The summed E-state index contributed by atoms with van der Waals surface area (Å²) in [5, 5.41) is 0.196. The quantitative estimate of drug-likeness (QED) is 0.873. The Balaban J connectivity index is 2.82. The molecule has 0 radical (unpaired) electrons. The maximum atomic E-state index is 12.2. The Labute approximate surface area is 97.6 Å². The van der Waals surface area contributed by atoms with E-state index in [4.69, 9.17) is 22.1 Å². The van der Waals surface area contributed by atoms with Crippen molar-refractivity contribution in [2.75, 3.05) is 13.3 Å². The molecule has 0 aliphatic carbocycles. The number of ether oxygens (including phenoxy) is 1. The van der Waals surface area contributed by atoms with Gasteiger partial charge in [0.15, 0.2) is 6.10 Å². The average molecular weight is 251 g/mol. The fourth-order valence-electron chi connectivity index (χ4n) is 1.04. The molecule has 2 N–H and O–H groups in total. The van der Waals surface area contributed by atoms with E-state index < -0.39 is 19.5 Å². The van der Waals surface area contributed by atoms with Crippen LogP contribution < -0.4 is 10.5 Å². The Kier molecular flexibility index (Phi) is 4.89. The lowest BCUT2D eigenvalue weighted by Gasteiger charge is -2.14. The van der Waals surface area contributed by atoms with E-state index in [2.05, 4.69) is 4.98 Å². The van der Waals surface area contributed by atoms with E-state index in [0.717, 1.165) is 5.56 Å². The molecule has 1 heterocycles. The van der Waals surface area contributed by atoms with Crippen LogP contribution in [0.4, 0.5) is 8.78 Å². The van der Waals surface area contributed by atoms with Crippen LogP contribution in [0.1, 0.15) is 18.5 Å². The van der Waals surface area contributed by atoms with Gasteiger partial charge in [0.05, 0.1) is 0 Å². The molecule has 0 spiro atoms. The number of hydrogen-bond acceptors (Lipinski definition) is 3. The van der Waals surface area contributed by atoms with Gasteiger partial charge in [-0.25, -0.2) is 13.8 Å². The number of nitrogens with two attached hydrogens (primary N) is 1. The zero-order chi connectivity index (χ0) is 12.1. The van der Waals surface area contributed by atoms with E-state index in [-0.39, 0.29) is 16.9 Å². The van der Waals surface area contributed by atoms with E-state index in [9.17, 15) is 8.78 Å². The van der Waals surface area contributed by atoms with E-state index >= 15 is 0 Å². The number of aromatic nitrogens is 1. The minimum Gasteiger partial charge on any atom is -0.468 e. The van der Waals surface area contributed by atoms with E-state index in [1.807, 2.05) is 0 Å². The summed E-state index contributed by atoms with van der Waals surface area (Å²) in [6.07, 6.45) is 0.311. The molecule has 0 amide bonds. The van der Waals surface area contributed by atoms with Crippen LogP contribution in [-0.4, -0.2) is 24.4 Å². The molecule has 0 aliphatic heterocycles. The third-order valence-corrected chi connectivity index (χ3v) is 2.25. The highest BCUT2D eigenvalue weighted by atomic mass is 35.5. The number of halogens is 3. The van der Waals surface area contributed by atoms with Gasteiger partial charge in [0.2, 0.25) is 5.88 Å². The van der Waals surface area contributed by atoms with E-state index in [1.165, 1.54) is 6.20 Å². The predicted octanol–water partition coefficient (Wildman–Crippen LogP) is 2.44. The molecule has 1 aromatic heterocycles. The highest BCUT2D eigenvalue weighted by Gasteiger charge is 2.14. The molecule has 90 valence electrons. The third-order valence-electron chi connectivity index (χ3n) is 1.98. The summed E-state index contributed by atoms with van der Waals surface area (Å²) in [5.41, 5.74) is 6.36. The molecule has 1 atom stereocenters. The van der Waals surface area contributed by atoms with Crippen molar-refractivity contribution in [3.8, 4) is 5.88 Å².